The second-order valence-corrected chi connectivity index (χ2v) is 22.0. The Morgan fingerprint density at radius 1 is 0.274 bits per heavy atom. The molecule has 0 aliphatic carbocycles. The van der Waals surface area contributed by atoms with E-state index < -0.39 is 6.10 Å². The van der Waals surface area contributed by atoms with E-state index in [1.807, 2.05) is 0 Å². The highest BCUT2D eigenvalue weighted by molar-refractivity contribution is 5.71. The first-order chi connectivity index (χ1) is 36.0. The topological polar surface area (TPSA) is 78.9 Å². The molecule has 0 rings (SSSR count). The predicted octanol–water partition coefficient (Wildman–Crippen LogP) is 22.0. The van der Waals surface area contributed by atoms with Gasteiger partial charge in [0.1, 0.15) is 13.2 Å². The van der Waals surface area contributed by atoms with Crippen molar-refractivity contribution in [1.82, 2.24) is 0 Å². The maximum absolute atomic E-state index is 12.9. The first kappa shape index (κ1) is 70.6. The predicted molar refractivity (Wildman–Crippen MR) is 316 cm³/mol. The highest BCUT2D eigenvalue weighted by Crippen LogP contribution is 2.18. The summed E-state index contributed by atoms with van der Waals surface area (Å²) in [6.45, 7) is 6.62. The number of allylic oxidation sites excluding steroid dienone is 6. The van der Waals surface area contributed by atoms with Crippen molar-refractivity contribution in [2.24, 2.45) is 0 Å². The fourth-order valence-corrected chi connectivity index (χ4v) is 9.71. The summed E-state index contributed by atoms with van der Waals surface area (Å²) in [4.78, 5) is 38.3. The number of rotatable bonds is 60. The molecule has 0 aliphatic heterocycles. The Hall–Kier alpha value is -2.37. The van der Waals surface area contributed by atoms with E-state index in [9.17, 15) is 14.4 Å². The third-order valence-electron chi connectivity index (χ3n) is 14.6. The third-order valence-corrected chi connectivity index (χ3v) is 14.6. The van der Waals surface area contributed by atoms with Gasteiger partial charge in [0.15, 0.2) is 6.10 Å². The lowest BCUT2D eigenvalue weighted by Crippen LogP contribution is -2.30. The van der Waals surface area contributed by atoms with Crippen molar-refractivity contribution < 1.29 is 28.6 Å². The van der Waals surface area contributed by atoms with Crippen molar-refractivity contribution in [1.29, 1.82) is 0 Å². The van der Waals surface area contributed by atoms with Gasteiger partial charge in [-0.05, 0) is 70.6 Å². The van der Waals surface area contributed by atoms with Gasteiger partial charge in [0.05, 0.1) is 0 Å². The van der Waals surface area contributed by atoms with Crippen LogP contribution in [0, 0.1) is 0 Å². The molecule has 6 heteroatoms. The van der Waals surface area contributed by atoms with Gasteiger partial charge in [-0.25, -0.2) is 0 Å². The molecule has 0 spiro atoms. The quantitative estimate of drug-likeness (QED) is 0.0261. The molecule has 0 aromatic rings. The second kappa shape index (κ2) is 62.2. The fraction of sp³-hybridized carbons (Fsp3) is 0.866. The van der Waals surface area contributed by atoms with Gasteiger partial charge in [-0.15, -0.1) is 0 Å². The second-order valence-electron chi connectivity index (χ2n) is 22.0. The van der Waals surface area contributed by atoms with Crippen LogP contribution < -0.4 is 0 Å². The molecule has 0 N–H and O–H groups in total. The van der Waals surface area contributed by atoms with Crippen molar-refractivity contribution in [2.75, 3.05) is 13.2 Å². The standard InChI is InChI=1S/C67H124O6/c1-4-7-10-13-16-19-22-25-27-29-30-31-32-33-34-35-36-38-39-42-45-48-51-54-57-60-66(69)72-63-64(62-71-65(68)59-56-53-50-47-44-41-24-21-18-15-12-9-6-3)73-67(70)61-58-55-52-49-46-43-40-37-28-26-23-20-17-14-11-8-5-2/h12,15,21,24,26,28,64H,4-11,13-14,16-20,22-23,25,27,29-63H2,1-3H3/b15-12-,24-21-,28-26-. The van der Waals surface area contributed by atoms with E-state index in [1.165, 1.54) is 231 Å². The van der Waals surface area contributed by atoms with Crippen LogP contribution in [0.1, 0.15) is 355 Å². The lowest BCUT2D eigenvalue weighted by molar-refractivity contribution is -0.167. The van der Waals surface area contributed by atoms with E-state index in [-0.39, 0.29) is 31.1 Å². The maximum Gasteiger partial charge on any atom is 0.306 e. The third kappa shape index (κ3) is 60.4. The van der Waals surface area contributed by atoms with Crippen LogP contribution in [0.5, 0.6) is 0 Å². The molecular formula is C67H124O6. The van der Waals surface area contributed by atoms with Gasteiger partial charge in [0.2, 0.25) is 0 Å². The Morgan fingerprint density at radius 2 is 0.521 bits per heavy atom. The number of unbranched alkanes of at least 4 members (excludes halogenated alkanes) is 43. The molecule has 6 nitrogen and oxygen atoms in total. The zero-order chi connectivity index (χ0) is 52.9. The molecule has 0 bridgehead atoms. The first-order valence-electron chi connectivity index (χ1n) is 32.5. The average Bonchev–Trinajstić information content (AvgIpc) is 3.39. The van der Waals surface area contributed by atoms with E-state index in [4.69, 9.17) is 14.2 Å². The number of hydrogen-bond donors (Lipinski definition) is 0. The summed E-state index contributed by atoms with van der Waals surface area (Å²) in [5.74, 6) is -0.871. The number of esters is 3. The minimum Gasteiger partial charge on any atom is -0.462 e. The Kier molecular flexibility index (Phi) is 60.2. The highest BCUT2D eigenvalue weighted by Gasteiger charge is 2.19. The van der Waals surface area contributed by atoms with Crippen LogP contribution in [0.3, 0.4) is 0 Å². The van der Waals surface area contributed by atoms with Gasteiger partial charge < -0.3 is 14.2 Å². The van der Waals surface area contributed by atoms with E-state index in [0.717, 1.165) is 83.5 Å². The van der Waals surface area contributed by atoms with E-state index in [0.29, 0.717) is 19.3 Å². The lowest BCUT2D eigenvalue weighted by atomic mass is 10.0. The number of carbonyl (C=O) groups excluding carboxylic acids is 3. The van der Waals surface area contributed by atoms with Gasteiger partial charge in [-0.3, -0.25) is 14.4 Å². The summed E-state index contributed by atoms with van der Waals surface area (Å²) < 4.78 is 16.9. The van der Waals surface area contributed by atoms with Gasteiger partial charge in [0.25, 0.3) is 0 Å². The minimum atomic E-state index is -0.778. The molecule has 0 aromatic carbocycles. The molecular weight excluding hydrogens is 901 g/mol. The molecule has 0 saturated heterocycles. The molecule has 0 aromatic heterocycles. The van der Waals surface area contributed by atoms with Crippen LogP contribution >= 0.6 is 0 Å². The van der Waals surface area contributed by atoms with Crippen molar-refractivity contribution >= 4 is 17.9 Å². The van der Waals surface area contributed by atoms with E-state index in [1.54, 1.807) is 0 Å². The Morgan fingerprint density at radius 3 is 0.822 bits per heavy atom. The lowest BCUT2D eigenvalue weighted by Gasteiger charge is -2.18. The molecule has 73 heavy (non-hydrogen) atoms. The summed E-state index contributed by atoms with van der Waals surface area (Å²) in [5.41, 5.74) is 0. The normalized spacial score (nSPS) is 12.2. The summed E-state index contributed by atoms with van der Waals surface area (Å²) in [7, 11) is 0. The summed E-state index contributed by atoms with van der Waals surface area (Å²) in [5, 5.41) is 0. The van der Waals surface area contributed by atoms with E-state index >= 15 is 0 Å². The molecule has 1 unspecified atom stereocenters. The van der Waals surface area contributed by atoms with Crippen molar-refractivity contribution in [3.63, 3.8) is 0 Å². The molecule has 0 fully saturated rings. The number of ether oxygens (including phenoxy) is 3. The summed E-state index contributed by atoms with van der Waals surface area (Å²) in [6, 6.07) is 0. The molecule has 1 atom stereocenters. The van der Waals surface area contributed by atoms with Crippen LogP contribution in [0.25, 0.3) is 0 Å². The molecule has 0 heterocycles. The average molecular weight is 1030 g/mol. The van der Waals surface area contributed by atoms with Crippen molar-refractivity contribution in [3.8, 4) is 0 Å². The molecule has 0 amide bonds. The fourth-order valence-electron chi connectivity index (χ4n) is 9.71. The SMILES string of the molecule is CCC/C=C\C/C=C\CCCCCCCC(=O)OCC(COC(=O)CCCCCCCCCCCCCCCCCCCCCCCCCCC)OC(=O)CCCCCCCCC/C=C\CCCCCCCC. The smallest absolute Gasteiger partial charge is 0.306 e. The Balaban J connectivity index is 4.23. The van der Waals surface area contributed by atoms with Crippen molar-refractivity contribution in [2.45, 2.75) is 361 Å². The molecule has 0 radical (unpaired) electrons. The largest absolute Gasteiger partial charge is 0.462 e. The van der Waals surface area contributed by atoms with Crippen LogP contribution in [0.15, 0.2) is 36.5 Å². The van der Waals surface area contributed by atoms with Crippen LogP contribution in [0.2, 0.25) is 0 Å². The minimum absolute atomic E-state index is 0.0744. The number of carbonyl (C=O) groups is 3. The number of hydrogen-bond acceptors (Lipinski definition) is 6. The van der Waals surface area contributed by atoms with Crippen LogP contribution in [-0.4, -0.2) is 37.2 Å². The monoisotopic (exact) mass is 1020 g/mol. The van der Waals surface area contributed by atoms with E-state index in [2.05, 4.69) is 57.2 Å². The summed E-state index contributed by atoms with van der Waals surface area (Å²) >= 11 is 0. The zero-order valence-corrected chi connectivity index (χ0v) is 49.2. The van der Waals surface area contributed by atoms with Crippen LogP contribution in [-0.2, 0) is 28.6 Å². The van der Waals surface area contributed by atoms with Gasteiger partial charge >= 0.3 is 17.9 Å². The summed E-state index contributed by atoms with van der Waals surface area (Å²) in [6.07, 6.45) is 75.9. The Labute approximate surface area is 455 Å². The highest BCUT2D eigenvalue weighted by atomic mass is 16.6. The Bertz CT molecular complexity index is 1220. The van der Waals surface area contributed by atoms with Gasteiger partial charge in [-0.2, -0.15) is 0 Å². The first-order valence-corrected chi connectivity index (χ1v) is 32.5. The molecule has 0 aliphatic rings. The maximum atomic E-state index is 12.9. The zero-order valence-electron chi connectivity index (χ0n) is 49.2. The van der Waals surface area contributed by atoms with Gasteiger partial charge in [-0.1, -0.05) is 301 Å². The van der Waals surface area contributed by atoms with Crippen LogP contribution in [0.4, 0.5) is 0 Å². The molecule has 428 valence electrons. The van der Waals surface area contributed by atoms with Crippen molar-refractivity contribution in [3.05, 3.63) is 36.5 Å². The van der Waals surface area contributed by atoms with Gasteiger partial charge in [0, 0.05) is 19.3 Å². The molecule has 0 saturated carbocycles.